The molecule has 1 amide bonds. The molecule has 0 bridgehead atoms. The number of carbonyl (C=O) groups excluding carboxylic acids is 1. The fourth-order valence-electron chi connectivity index (χ4n) is 2.72. The van der Waals surface area contributed by atoms with E-state index in [0.717, 1.165) is 44.1 Å². The van der Waals surface area contributed by atoms with Crippen molar-refractivity contribution < 1.29 is 9.18 Å². The lowest BCUT2D eigenvalue weighted by molar-refractivity contribution is 0.0647. The van der Waals surface area contributed by atoms with E-state index in [1.165, 1.54) is 23.5 Å². The highest BCUT2D eigenvalue weighted by Gasteiger charge is 2.24. The number of anilines is 2. The minimum atomic E-state index is -0.280. The highest BCUT2D eigenvalue weighted by atomic mass is 32.1. The molecule has 2 aromatic rings. The molecule has 0 spiro atoms. The second-order valence-corrected chi connectivity index (χ2v) is 6.79. The van der Waals surface area contributed by atoms with E-state index in [0.29, 0.717) is 10.0 Å². The maximum absolute atomic E-state index is 13.0. The van der Waals surface area contributed by atoms with Gasteiger partial charge in [-0.15, -0.1) is 0 Å². The Balaban J connectivity index is 1.69. The topological polar surface area (TPSA) is 48.5 Å². The van der Waals surface area contributed by atoms with Crippen LogP contribution in [0, 0.1) is 12.7 Å². The Hall–Kier alpha value is -1.99. The Morgan fingerprint density at radius 2 is 1.92 bits per heavy atom. The molecule has 1 fully saturated rings. The predicted molar refractivity (Wildman–Crippen MR) is 94.6 cm³/mol. The third-order valence-corrected chi connectivity index (χ3v) is 5.25. The van der Waals surface area contributed by atoms with Crippen LogP contribution in [0.25, 0.3) is 0 Å². The van der Waals surface area contributed by atoms with E-state index in [1.807, 2.05) is 11.8 Å². The summed E-state index contributed by atoms with van der Waals surface area (Å²) >= 11 is 1.35. The summed E-state index contributed by atoms with van der Waals surface area (Å²) in [5, 5.41) is 3.78. The summed E-state index contributed by atoms with van der Waals surface area (Å²) in [5.41, 5.74) is 1.48. The largest absolute Gasteiger partial charge is 0.335 e. The molecule has 128 valence electrons. The third-order valence-electron chi connectivity index (χ3n) is 4.19. The molecular formula is C17H21FN4OS. The van der Waals surface area contributed by atoms with Crippen LogP contribution in [-0.4, -0.2) is 53.4 Å². The zero-order valence-corrected chi connectivity index (χ0v) is 14.7. The number of aryl methyl sites for hydroxylation is 1. The molecule has 3 rings (SSSR count). The van der Waals surface area contributed by atoms with Crippen LogP contribution in [0.5, 0.6) is 0 Å². The number of piperazine rings is 1. The molecule has 1 saturated heterocycles. The first kappa shape index (κ1) is 16.9. The number of hydrogen-bond donors (Lipinski definition) is 1. The van der Waals surface area contributed by atoms with Gasteiger partial charge in [-0.2, -0.15) is 0 Å². The van der Waals surface area contributed by atoms with Crippen molar-refractivity contribution in [2.75, 3.05) is 38.0 Å². The molecule has 0 radical (unpaired) electrons. The summed E-state index contributed by atoms with van der Waals surface area (Å²) in [4.78, 5) is 22.1. The van der Waals surface area contributed by atoms with Gasteiger partial charge in [0, 0.05) is 31.9 Å². The fraction of sp³-hybridized carbons (Fsp3) is 0.412. The van der Waals surface area contributed by atoms with Crippen molar-refractivity contribution in [3.63, 3.8) is 0 Å². The second kappa shape index (κ2) is 7.27. The minimum absolute atomic E-state index is 0.0490. The Morgan fingerprint density at radius 1 is 1.25 bits per heavy atom. The molecule has 7 heteroatoms. The second-order valence-electron chi connectivity index (χ2n) is 5.79. The standard InChI is InChI=1S/C17H21FN4OS/c1-3-21-8-10-22(11-9-21)16(23)15-12(2)19-17(24-15)20-14-6-4-13(18)5-7-14/h4-7H,3,8-11H2,1-2H3,(H,19,20). The first-order chi connectivity index (χ1) is 11.6. The highest BCUT2D eigenvalue weighted by molar-refractivity contribution is 7.17. The minimum Gasteiger partial charge on any atom is -0.335 e. The van der Waals surface area contributed by atoms with Crippen LogP contribution in [-0.2, 0) is 0 Å². The number of halogens is 1. The maximum Gasteiger partial charge on any atom is 0.266 e. The van der Waals surface area contributed by atoms with Crippen molar-refractivity contribution in [2.45, 2.75) is 13.8 Å². The number of hydrogen-bond acceptors (Lipinski definition) is 5. The monoisotopic (exact) mass is 348 g/mol. The fourth-order valence-corrected chi connectivity index (χ4v) is 3.67. The summed E-state index contributed by atoms with van der Waals surface area (Å²) in [6.45, 7) is 8.35. The molecule has 1 aliphatic heterocycles. The van der Waals surface area contributed by atoms with Gasteiger partial charge in [-0.3, -0.25) is 4.79 Å². The molecule has 24 heavy (non-hydrogen) atoms. The third kappa shape index (κ3) is 3.73. The molecule has 0 atom stereocenters. The van der Waals surface area contributed by atoms with Gasteiger partial charge in [0.2, 0.25) is 0 Å². The number of thiazole rings is 1. The average Bonchev–Trinajstić information content (AvgIpc) is 2.96. The lowest BCUT2D eigenvalue weighted by atomic mass is 10.2. The van der Waals surface area contributed by atoms with Crippen LogP contribution < -0.4 is 5.32 Å². The van der Waals surface area contributed by atoms with Crippen molar-refractivity contribution in [1.29, 1.82) is 0 Å². The molecule has 0 unspecified atom stereocenters. The van der Waals surface area contributed by atoms with Crippen LogP contribution >= 0.6 is 11.3 Å². The van der Waals surface area contributed by atoms with Gasteiger partial charge < -0.3 is 15.1 Å². The number of nitrogens with zero attached hydrogens (tertiary/aromatic N) is 3. The highest BCUT2D eigenvalue weighted by Crippen LogP contribution is 2.27. The zero-order chi connectivity index (χ0) is 17.1. The molecule has 5 nitrogen and oxygen atoms in total. The van der Waals surface area contributed by atoms with Crippen molar-refractivity contribution >= 4 is 28.1 Å². The number of rotatable bonds is 4. The number of aromatic nitrogens is 1. The molecule has 1 aromatic heterocycles. The SMILES string of the molecule is CCN1CCN(C(=O)c2sc(Nc3ccc(F)cc3)nc2C)CC1. The van der Waals surface area contributed by atoms with Crippen molar-refractivity contribution in [2.24, 2.45) is 0 Å². The lowest BCUT2D eigenvalue weighted by Gasteiger charge is -2.33. The molecule has 1 aromatic carbocycles. The van der Waals surface area contributed by atoms with E-state index >= 15 is 0 Å². The van der Waals surface area contributed by atoms with E-state index in [9.17, 15) is 9.18 Å². The summed E-state index contributed by atoms with van der Waals surface area (Å²) < 4.78 is 13.0. The summed E-state index contributed by atoms with van der Waals surface area (Å²) in [5.74, 6) is -0.231. The molecule has 0 saturated carbocycles. The van der Waals surface area contributed by atoms with Crippen molar-refractivity contribution in [1.82, 2.24) is 14.8 Å². The van der Waals surface area contributed by atoms with Gasteiger partial charge in [0.05, 0.1) is 5.69 Å². The van der Waals surface area contributed by atoms with E-state index in [4.69, 9.17) is 0 Å². The number of carbonyl (C=O) groups is 1. The van der Waals surface area contributed by atoms with Crippen LogP contribution in [0.15, 0.2) is 24.3 Å². The van der Waals surface area contributed by atoms with Gasteiger partial charge >= 0.3 is 0 Å². The smallest absolute Gasteiger partial charge is 0.266 e. The van der Waals surface area contributed by atoms with Crippen LogP contribution in [0.3, 0.4) is 0 Å². The number of likely N-dealkylation sites (N-methyl/N-ethyl adjacent to an activating group) is 1. The molecule has 1 N–H and O–H groups in total. The van der Waals surface area contributed by atoms with Gasteiger partial charge in [0.1, 0.15) is 10.7 Å². The van der Waals surface area contributed by atoms with Crippen molar-refractivity contribution in [3.8, 4) is 0 Å². The maximum atomic E-state index is 13.0. The van der Waals surface area contributed by atoms with Gasteiger partial charge in [-0.1, -0.05) is 18.3 Å². The number of benzene rings is 1. The Labute approximate surface area is 145 Å². The van der Waals surface area contributed by atoms with Crippen LogP contribution in [0.1, 0.15) is 22.3 Å². The summed E-state index contributed by atoms with van der Waals surface area (Å²) in [6, 6.07) is 6.08. The summed E-state index contributed by atoms with van der Waals surface area (Å²) in [6.07, 6.45) is 0. The van der Waals surface area contributed by atoms with Crippen LogP contribution in [0.4, 0.5) is 15.2 Å². The predicted octanol–water partition coefficient (Wildman–Crippen LogP) is 3.11. The van der Waals surface area contributed by atoms with Gasteiger partial charge in [0.15, 0.2) is 5.13 Å². The van der Waals surface area contributed by atoms with Gasteiger partial charge in [-0.05, 0) is 37.7 Å². The Bertz CT molecular complexity index is 708. The van der Waals surface area contributed by atoms with E-state index in [1.54, 1.807) is 12.1 Å². The first-order valence-corrected chi connectivity index (χ1v) is 8.90. The quantitative estimate of drug-likeness (QED) is 0.922. The first-order valence-electron chi connectivity index (χ1n) is 8.08. The Kier molecular flexibility index (Phi) is 5.11. The van der Waals surface area contributed by atoms with Gasteiger partial charge in [0.25, 0.3) is 5.91 Å². The molecule has 1 aliphatic rings. The van der Waals surface area contributed by atoms with E-state index < -0.39 is 0 Å². The zero-order valence-electron chi connectivity index (χ0n) is 13.9. The average molecular weight is 348 g/mol. The van der Waals surface area contributed by atoms with Crippen LogP contribution in [0.2, 0.25) is 0 Å². The molecule has 0 aliphatic carbocycles. The van der Waals surface area contributed by atoms with E-state index in [-0.39, 0.29) is 11.7 Å². The molecular weight excluding hydrogens is 327 g/mol. The number of amides is 1. The van der Waals surface area contributed by atoms with E-state index in [2.05, 4.69) is 22.1 Å². The molecule has 2 heterocycles. The normalized spacial score (nSPS) is 15.5. The van der Waals surface area contributed by atoms with Gasteiger partial charge in [-0.25, -0.2) is 9.37 Å². The number of nitrogens with one attached hydrogen (secondary N) is 1. The van der Waals surface area contributed by atoms with Crippen molar-refractivity contribution in [3.05, 3.63) is 40.7 Å². The summed E-state index contributed by atoms with van der Waals surface area (Å²) in [7, 11) is 0. The lowest BCUT2D eigenvalue weighted by Crippen LogP contribution is -2.48. The Morgan fingerprint density at radius 3 is 2.54 bits per heavy atom.